The predicted octanol–water partition coefficient (Wildman–Crippen LogP) is 3.17. The minimum Gasteiger partial charge on any atom is -0.396 e. The van der Waals surface area contributed by atoms with Gasteiger partial charge in [0.15, 0.2) is 0 Å². The number of hydrogen-bond donors (Lipinski definition) is 1. The molecule has 2 fully saturated rings. The number of rotatable bonds is 4. The fourth-order valence-electron chi connectivity index (χ4n) is 4.14. The molecule has 0 spiro atoms. The highest BCUT2D eigenvalue weighted by Gasteiger charge is 2.56. The molecule has 1 N–H and O–H groups in total. The Morgan fingerprint density at radius 1 is 1.38 bits per heavy atom. The summed E-state index contributed by atoms with van der Waals surface area (Å²) in [4.78, 5) is 16.1. The third-order valence-electron chi connectivity index (χ3n) is 5.44. The van der Waals surface area contributed by atoms with Crippen LogP contribution in [0.4, 0.5) is 0 Å². The van der Waals surface area contributed by atoms with Gasteiger partial charge in [-0.1, -0.05) is 6.92 Å². The summed E-state index contributed by atoms with van der Waals surface area (Å²) in [6.45, 7) is 2.33. The molecule has 2 heterocycles. The number of carbonyl (C=O) groups is 1. The molecule has 3 nitrogen and oxygen atoms in total. The summed E-state index contributed by atoms with van der Waals surface area (Å²) < 4.78 is 0. The van der Waals surface area contributed by atoms with Crippen molar-refractivity contribution in [3.63, 3.8) is 0 Å². The summed E-state index contributed by atoms with van der Waals surface area (Å²) in [5.41, 5.74) is 0.701. The van der Waals surface area contributed by atoms with Gasteiger partial charge in [-0.05, 0) is 56.2 Å². The van der Waals surface area contributed by atoms with Crippen molar-refractivity contribution in [2.24, 2.45) is 5.41 Å². The molecule has 0 aliphatic carbocycles. The van der Waals surface area contributed by atoms with Crippen molar-refractivity contribution in [2.75, 3.05) is 12.9 Å². The molecule has 4 heteroatoms. The van der Waals surface area contributed by atoms with E-state index < -0.39 is 0 Å². The Labute approximate surface area is 130 Å². The van der Waals surface area contributed by atoms with Crippen LogP contribution in [0.2, 0.25) is 0 Å². The number of aliphatic hydroxyl groups is 1. The zero-order valence-corrected chi connectivity index (χ0v) is 13.5. The number of hydrogen-bond acceptors (Lipinski definition) is 3. The summed E-state index contributed by atoms with van der Waals surface area (Å²) in [7, 11) is 0. The Kier molecular flexibility index (Phi) is 4.02. The average Bonchev–Trinajstić information content (AvgIpc) is 3.10. The molecule has 0 unspecified atom stereocenters. The minimum absolute atomic E-state index is 0.0716. The maximum Gasteiger partial charge on any atom is 0.254 e. The second-order valence-corrected chi connectivity index (χ2v) is 7.15. The first-order valence-electron chi connectivity index (χ1n) is 7.73. The standard InChI is InChI=1S/C17H23NO2S/c1-3-17(11-19)10-13-6-9-15(17)18(13)16(20)12-4-7-14(21-2)8-5-12/h4-5,7-8,13,15,19H,3,6,9-11H2,1-2H3/t13-,15+,17-/m0/s1. The summed E-state index contributed by atoms with van der Waals surface area (Å²) in [5.74, 6) is 0.138. The Bertz CT molecular complexity index is 524. The van der Waals surface area contributed by atoms with E-state index in [0.717, 1.165) is 31.2 Å². The SMILES string of the molecule is CC[C@@]1(CO)C[C@@H]2CC[C@H]1N2C(=O)c1ccc(SC)cc1. The van der Waals surface area contributed by atoms with Crippen LogP contribution in [0.3, 0.4) is 0 Å². The lowest BCUT2D eigenvalue weighted by atomic mass is 9.72. The molecule has 0 radical (unpaired) electrons. The van der Waals surface area contributed by atoms with Crippen molar-refractivity contribution in [3.8, 4) is 0 Å². The maximum atomic E-state index is 12.9. The van der Waals surface area contributed by atoms with Gasteiger partial charge < -0.3 is 10.0 Å². The molecule has 21 heavy (non-hydrogen) atoms. The Morgan fingerprint density at radius 2 is 2.10 bits per heavy atom. The molecule has 0 saturated carbocycles. The van der Waals surface area contributed by atoms with Crippen LogP contribution in [0.1, 0.15) is 43.0 Å². The van der Waals surface area contributed by atoms with Crippen LogP contribution in [-0.2, 0) is 0 Å². The van der Waals surface area contributed by atoms with Gasteiger partial charge in [0.1, 0.15) is 0 Å². The summed E-state index contributed by atoms with van der Waals surface area (Å²) in [5, 5.41) is 9.84. The molecular weight excluding hydrogens is 282 g/mol. The van der Waals surface area contributed by atoms with E-state index in [1.54, 1.807) is 11.8 Å². The number of thioether (sulfide) groups is 1. The van der Waals surface area contributed by atoms with Gasteiger partial charge in [-0.25, -0.2) is 0 Å². The van der Waals surface area contributed by atoms with Gasteiger partial charge in [0, 0.05) is 28.0 Å². The highest BCUT2D eigenvalue weighted by molar-refractivity contribution is 7.98. The summed E-state index contributed by atoms with van der Waals surface area (Å²) in [6, 6.07) is 8.40. The monoisotopic (exact) mass is 305 g/mol. The van der Waals surface area contributed by atoms with Gasteiger partial charge in [-0.3, -0.25) is 4.79 Å². The molecule has 1 aromatic rings. The molecule has 2 aliphatic heterocycles. The first-order valence-corrected chi connectivity index (χ1v) is 8.95. The Hall–Kier alpha value is -1.00. The van der Waals surface area contributed by atoms with Crippen LogP contribution in [0.5, 0.6) is 0 Å². The highest BCUT2D eigenvalue weighted by Crippen LogP contribution is 2.51. The van der Waals surface area contributed by atoms with E-state index in [-0.39, 0.29) is 24.0 Å². The highest BCUT2D eigenvalue weighted by atomic mass is 32.2. The predicted molar refractivity (Wildman–Crippen MR) is 85.6 cm³/mol. The molecule has 3 rings (SSSR count). The molecule has 3 atom stereocenters. The lowest BCUT2D eigenvalue weighted by Crippen LogP contribution is -2.42. The second kappa shape index (κ2) is 5.65. The first-order chi connectivity index (χ1) is 10.1. The van der Waals surface area contributed by atoms with Crippen molar-refractivity contribution >= 4 is 17.7 Å². The molecule has 2 bridgehead atoms. The molecule has 0 aromatic heterocycles. The zero-order chi connectivity index (χ0) is 15.0. The van der Waals surface area contributed by atoms with E-state index in [4.69, 9.17) is 0 Å². The number of carbonyl (C=O) groups excluding carboxylic acids is 1. The number of fused-ring (bicyclic) bond motifs is 2. The van der Waals surface area contributed by atoms with Crippen molar-refractivity contribution in [3.05, 3.63) is 29.8 Å². The minimum atomic E-state index is -0.0716. The van der Waals surface area contributed by atoms with Crippen LogP contribution in [0.25, 0.3) is 0 Å². The normalized spacial score (nSPS) is 30.9. The number of amides is 1. The van der Waals surface area contributed by atoms with Crippen LogP contribution in [-0.4, -0.2) is 40.9 Å². The van der Waals surface area contributed by atoms with Gasteiger partial charge >= 0.3 is 0 Å². The van der Waals surface area contributed by atoms with E-state index >= 15 is 0 Å². The number of nitrogens with zero attached hydrogens (tertiary/aromatic N) is 1. The van der Waals surface area contributed by atoms with Gasteiger partial charge in [0.2, 0.25) is 0 Å². The molecule has 2 aliphatic rings. The quantitative estimate of drug-likeness (QED) is 0.869. The van der Waals surface area contributed by atoms with Crippen molar-refractivity contribution in [2.45, 2.75) is 49.6 Å². The molecule has 1 aromatic carbocycles. The van der Waals surface area contributed by atoms with Crippen molar-refractivity contribution in [1.82, 2.24) is 4.90 Å². The van der Waals surface area contributed by atoms with Crippen molar-refractivity contribution in [1.29, 1.82) is 0 Å². The molecule has 1 amide bonds. The largest absolute Gasteiger partial charge is 0.396 e. The van der Waals surface area contributed by atoms with Crippen LogP contribution >= 0.6 is 11.8 Å². The first kappa shape index (κ1) is 14.9. The average molecular weight is 305 g/mol. The second-order valence-electron chi connectivity index (χ2n) is 6.27. The zero-order valence-electron chi connectivity index (χ0n) is 12.7. The van der Waals surface area contributed by atoms with E-state index in [9.17, 15) is 9.90 Å². The lowest BCUT2D eigenvalue weighted by molar-refractivity contribution is 0.0557. The smallest absolute Gasteiger partial charge is 0.254 e. The fraction of sp³-hybridized carbons (Fsp3) is 0.588. The van der Waals surface area contributed by atoms with Gasteiger partial charge in [0.25, 0.3) is 5.91 Å². The maximum absolute atomic E-state index is 12.9. The van der Waals surface area contributed by atoms with Crippen LogP contribution in [0, 0.1) is 5.41 Å². The van der Waals surface area contributed by atoms with Gasteiger partial charge in [-0.15, -0.1) is 11.8 Å². The van der Waals surface area contributed by atoms with E-state index in [0.29, 0.717) is 6.04 Å². The van der Waals surface area contributed by atoms with Crippen LogP contribution in [0.15, 0.2) is 29.2 Å². The number of aliphatic hydroxyl groups excluding tert-OH is 1. The van der Waals surface area contributed by atoms with Gasteiger partial charge in [-0.2, -0.15) is 0 Å². The van der Waals surface area contributed by atoms with Crippen LogP contribution < -0.4 is 0 Å². The summed E-state index contributed by atoms with van der Waals surface area (Å²) >= 11 is 1.68. The molecule has 2 saturated heterocycles. The molecule has 114 valence electrons. The van der Waals surface area contributed by atoms with E-state index in [2.05, 4.69) is 11.8 Å². The third kappa shape index (κ3) is 2.29. The Balaban J connectivity index is 1.85. The fourth-order valence-corrected chi connectivity index (χ4v) is 4.55. The van der Waals surface area contributed by atoms with Crippen molar-refractivity contribution < 1.29 is 9.90 Å². The van der Waals surface area contributed by atoms with E-state index in [1.807, 2.05) is 30.5 Å². The molecular formula is C17H23NO2S. The third-order valence-corrected chi connectivity index (χ3v) is 6.19. The van der Waals surface area contributed by atoms with Gasteiger partial charge in [0.05, 0.1) is 6.61 Å². The Morgan fingerprint density at radius 3 is 2.62 bits per heavy atom. The van der Waals surface area contributed by atoms with E-state index in [1.165, 1.54) is 4.90 Å². The summed E-state index contributed by atoms with van der Waals surface area (Å²) in [6.07, 6.45) is 6.06. The number of benzene rings is 1. The lowest BCUT2D eigenvalue weighted by Gasteiger charge is -2.34. The topological polar surface area (TPSA) is 40.5 Å².